The van der Waals surface area contributed by atoms with Crippen molar-refractivity contribution in [3.8, 4) is 17.6 Å². The predicted molar refractivity (Wildman–Crippen MR) is 143 cm³/mol. The number of urea groups is 1. The normalized spacial score (nSPS) is 11.0. The van der Waals surface area contributed by atoms with E-state index in [9.17, 15) is 14.9 Å². The third-order valence-corrected chi connectivity index (χ3v) is 6.25. The molecule has 9 heteroatoms. The van der Waals surface area contributed by atoms with Crippen molar-refractivity contribution in [2.45, 2.75) is 33.1 Å². The lowest BCUT2D eigenvalue weighted by atomic mass is 9.87. The van der Waals surface area contributed by atoms with E-state index in [0.717, 1.165) is 0 Å². The highest BCUT2D eigenvalue weighted by atomic mass is 32.1. The number of rotatable bonds is 5. The van der Waals surface area contributed by atoms with Gasteiger partial charge >= 0.3 is 6.03 Å². The average Bonchev–Trinajstić information content (AvgIpc) is 3.20. The Hall–Kier alpha value is -4.42. The molecule has 0 spiro atoms. The van der Waals surface area contributed by atoms with Crippen molar-refractivity contribution in [2.24, 2.45) is 0 Å². The number of carbonyl (C=O) groups is 2. The van der Waals surface area contributed by atoms with Crippen LogP contribution in [0.5, 0.6) is 11.5 Å². The number of aromatic nitrogens is 1. The first-order chi connectivity index (χ1) is 17.1. The van der Waals surface area contributed by atoms with Gasteiger partial charge in [0, 0.05) is 24.4 Å². The molecule has 1 aromatic heterocycles. The van der Waals surface area contributed by atoms with Crippen LogP contribution < -0.4 is 20.7 Å². The summed E-state index contributed by atoms with van der Waals surface area (Å²) in [7, 11) is 0. The summed E-state index contributed by atoms with van der Waals surface area (Å²) in [6.07, 6.45) is 0. The Balaban J connectivity index is 1.48. The van der Waals surface area contributed by atoms with Crippen molar-refractivity contribution in [1.82, 2.24) is 4.98 Å². The van der Waals surface area contributed by atoms with E-state index in [2.05, 4.69) is 47.8 Å². The zero-order valence-electron chi connectivity index (χ0n) is 20.3. The number of nitrogens with zero attached hydrogens (tertiary/aromatic N) is 2. The van der Waals surface area contributed by atoms with Gasteiger partial charge in [-0.05, 0) is 47.4 Å². The summed E-state index contributed by atoms with van der Waals surface area (Å²) in [4.78, 5) is 28.2. The van der Waals surface area contributed by atoms with Gasteiger partial charge in [-0.1, -0.05) is 50.3 Å². The standard InChI is InChI=1S/C27H25N5O3S/c1-16(33)29-26-32-22-12-13-23(21(15-28)24(22)36-26)35-20-7-5-6-19(14-20)31-25(34)30-18-10-8-17(9-11-18)27(2,3)4/h5-14H,1-4H3,(H,29,32,33)(H2,30,31,34). The zero-order valence-corrected chi connectivity index (χ0v) is 21.1. The van der Waals surface area contributed by atoms with Crippen molar-refractivity contribution in [1.29, 1.82) is 5.26 Å². The van der Waals surface area contributed by atoms with E-state index in [-0.39, 0.29) is 17.4 Å². The molecule has 0 aliphatic carbocycles. The lowest BCUT2D eigenvalue weighted by Crippen LogP contribution is -2.19. The molecule has 4 rings (SSSR count). The van der Waals surface area contributed by atoms with Gasteiger partial charge in [0.1, 0.15) is 23.1 Å². The molecule has 3 amide bonds. The van der Waals surface area contributed by atoms with Crippen LogP contribution in [0.15, 0.2) is 60.7 Å². The second-order valence-electron chi connectivity index (χ2n) is 9.14. The number of anilines is 3. The molecule has 0 aliphatic rings. The van der Waals surface area contributed by atoms with Crippen LogP contribution in [0.1, 0.15) is 38.8 Å². The summed E-state index contributed by atoms with van der Waals surface area (Å²) in [6.45, 7) is 7.80. The fourth-order valence-electron chi connectivity index (χ4n) is 3.48. The topological polar surface area (TPSA) is 116 Å². The monoisotopic (exact) mass is 499 g/mol. The maximum atomic E-state index is 12.5. The molecule has 36 heavy (non-hydrogen) atoms. The smallest absolute Gasteiger partial charge is 0.323 e. The van der Waals surface area contributed by atoms with E-state index in [1.807, 2.05) is 24.3 Å². The molecule has 0 radical (unpaired) electrons. The molecule has 0 saturated heterocycles. The lowest BCUT2D eigenvalue weighted by Gasteiger charge is -2.19. The third-order valence-electron chi connectivity index (χ3n) is 5.24. The number of ether oxygens (including phenoxy) is 1. The molecule has 182 valence electrons. The summed E-state index contributed by atoms with van der Waals surface area (Å²) in [5.41, 5.74) is 3.33. The first-order valence-corrected chi connectivity index (χ1v) is 12.0. The van der Waals surface area contributed by atoms with E-state index >= 15 is 0 Å². The van der Waals surface area contributed by atoms with Gasteiger partial charge in [0.05, 0.1) is 10.2 Å². The molecule has 3 N–H and O–H groups in total. The number of thiazole rings is 1. The van der Waals surface area contributed by atoms with E-state index < -0.39 is 0 Å². The number of nitriles is 1. The van der Waals surface area contributed by atoms with Gasteiger partial charge in [0.2, 0.25) is 5.91 Å². The van der Waals surface area contributed by atoms with Crippen molar-refractivity contribution in [2.75, 3.05) is 16.0 Å². The van der Waals surface area contributed by atoms with Crippen molar-refractivity contribution in [3.63, 3.8) is 0 Å². The van der Waals surface area contributed by atoms with Crippen LogP contribution in [0.25, 0.3) is 10.2 Å². The Labute approximate surface area is 212 Å². The lowest BCUT2D eigenvalue weighted by molar-refractivity contribution is -0.114. The highest BCUT2D eigenvalue weighted by Gasteiger charge is 2.16. The first-order valence-electron chi connectivity index (χ1n) is 11.2. The third kappa shape index (κ3) is 5.79. The summed E-state index contributed by atoms with van der Waals surface area (Å²) in [5.74, 6) is 0.563. The van der Waals surface area contributed by atoms with Crippen LogP contribution in [-0.2, 0) is 10.2 Å². The number of fused-ring (bicyclic) bond motifs is 1. The molecule has 8 nitrogen and oxygen atoms in total. The molecule has 0 bridgehead atoms. The number of carbonyl (C=O) groups excluding carboxylic acids is 2. The molecule has 0 aliphatic heterocycles. The largest absolute Gasteiger partial charge is 0.456 e. The Kier molecular flexibility index (Phi) is 6.90. The van der Waals surface area contributed by atoms with Gasteiger partial charge < -0.3 is 20.7 Å². The Morgan fingerprint density at radius 1 is 0.972 bits per heavy atom. The van der Waals surface area contributed by atoms with Gasteiger partial charge in [0.15, 0.2) is 5.13 Å². The SMILES string of the molecule is CC(=O)Nc1nc2ccc(Oc3cccc(NC(=O)Nc4ccc(C(C)(C)C)cc4)c3)c(C#N)c2s1. The Morgan fingerprint density at radius 2 is 1.69 bits per heavy atom. The predicted octanol–water partition coefficient (Wildman–Crippen LogP) is 6.86. The van der Waals surface area contributed by atoms with Crippen molar-refractivity contribution in [3.05, 3.63) is 71.8 Å². The van der Waals surface area contributed by atoms with Crippen LogP contribution in [0.3, 0.4) is 0 Å². The van der Waals surface area contributed by atoms with E-state index in [1.165, 1.54) is 23.8 Å². The van der Waals surface area contributed by atoms with E-state index in [4.69, 9.17) is 4.74 Å². The van der Waals surface area contributed by atoms with Crippen LogP contribution in [-0.4, -0.2) is 16.9 Å². The van der Waals surface area contributed by atoms with Crippen LogP contribution in [0.4, 0.5) is 21.3 Å². The molecule has 0 fully saturated rings. The van der Waals surface area contributed by atoms with Gasteiger partial charge in [-0.2, -0.15) is 5.26 Å². The fourth-order valence-corrected chi connectivity index (χ4v) is 4.48. The first kappa shape index (κ1) is 24.7. The second-order valence-corrected chi connectivity index (χ2v) is 10.1. The maximum absolute atomic E-state index is 12.5. The summed E-state index contributed by atoms with van der Waals surface area (Å²) in [6, 6.07) is 19.8. The van der Waals surface area contributed by atoms with Gasteiger partial charge in [-0.25, -0.2) is 9.78 Å². The molecule has 1 heterocycles. The molecule has 0 unspecified atom stereocenters. The Morgan fingerprint density at radius 3 is 2.36 bits per heavy atom. The molecular weight excluding hydrogens is 474 g/mol. The van der Waals surface area contributed by atoms with Gasteiger partial charge in [-0.15, -0.1) is 0 Å². The quantitative estimate of drug-likeness (QED) is 0.277. The van der Waals surface area contributed by atoms with E-state index in [0.29, 0.717) is 43.8 Å². The summed E-state index contributed by atoms with van der Waals surface area (Å²) >= 11 is 1.21. The van der Waals surface area contributed by atoms with Crippen molar-refractivity contribution >= 4 is 50.0 Å². The maximum Gasteiger partial charge on any atom is 0.323 e. The zero-order chi connectivity index (χ0) is 25.9. The Bertz CT molecular complexity index is 1480. The van der Waals surface area contributed by atoms with Crippen LogP contribution in [0.2, 0.25) is 0 Å². The van der Waals surface area contributed by atoms with Crippen molar-refractivity contribution < 1.29 is 14.3 Å². The minimum Gasteiger partial charge on any atom is -0.456 e. The summed E-state index contributed by atoms with van der Waals surface area (Å²) in [5, 5.41) is 18.4. The fraction of sp³-hybridized carbons (Fsp3) is 0.185. The molecular formula is C27H25N5O3S. The number of hydrogen-bond acceptors (Lipinski definition) is 6. The van der Waals surface area contributed by atoms with Crippen LogP contribution >= 0.6 is 11.3 Å². The number of benzene rings is 3. The van der Waals surface area contributed by atoms with Gasteiger partial charge in [0.25, 0.3) is 0 Å². The molecule has 0 atom stereocenters. The molecule has 0 saturated carbocycles. The highest BCUT2D eigenvalue weighted by molar-refractivity contribution is 7.22. The number of hydrogen-bond donors (Lipinski definition) is 3. The molecule has 4 aromatic rings. The van der Waals surface area contributed by atoms with Gasteiger partial charge in [-0.3, -0.25) is 4.79 Å². The number of amides is 3. The minimum atomic E-state index is -0.384. The van der Waals surface area contributed by atoms with E-state index in [1.54, 1.807) is 36.4 Å². The number of nitrogens with one attached hydrogen (secondary N) is 3. The minimum absolute atomic E-state index is 0.0327. The highest BCUT2D eigenvalue weighted by Crippen LogP contribution is 2.36. The molecule has 3 aromatic carbocycles. The average molecular weight is 500 g/mol. The summed E-state index contributed by atoms with van der Waals surface area (Å²) < 4.78 is 6.60. The second kappa shape index (κ2) is 10.1. The van der Waals surface area contributed by atoms with Crippen LogP contribution in [0, 0.1) is 11.3 Å².